The van der Waals surface area contributed by atoms with Gasteiger partial charge in [0.25, 0.3) is 0 Å². The second-order valence-corrected chi connectivity index (χ2v) is 1.65. The van der Waals surface area contributed by atoms with E-state index in [2.05, 4.69) is 12.2 Å². The molecule has 0 aromatic heterocycles. The summed E-state index contributed by atoms with van der Waals surface area (Å²) in [4.78, 5) is 7.38. The van der Waals surface area contributed by atoms with Crippen LogP contribution in [0.3, 0.4) is 0 Å². The van der Waals surface area contributed by atoms with Gasteiger partial charge in [0, 0.05) is 0 Å². The fraction of sp³-hybridized carbons (Fsp3) is 0. The predicted molar refractivity (Wildman–Crippen MR) is 18.3 cm³/mol. The Morgan fingerprint density at radius 2 is 2.25 bits per heavy atom. The van der Waals surface area contributed by atoms with Gasteiger partial charge in [-0.2, -0.15) is 4.89 Å². The highest BCUT2D eigenvalue weighted by Crippen LogP contribution is 2.02. The number of hydrogen-bond donors (Lipinski definition) is 1. The van der Waals surface area contributed by atoms with Crippen molar-refractivity contribution in [2.45, 2.75) is 0 Å². The van der Waals surface area contributed by atoms with Crippen LogP contribution in [0.15, 0.2) is 0 Å². The van der Waals surface area contributed by atoms with E-state index >= 15 is 0 Å². The molecule has 24 valence electrons. The average molecular weight is 97.1 g/mol. The zero-order valence-electron chi connectivity index (χ0n) is 2.71. The Labute approximate surface area is 31.3 Å². The Bertz CT molecular complexity index is 32.6. The molecule has 0 saturated carbocycles. The Kier molecular flexibility index (Phi) is 1.88. The molecular formula is H2O2PS+. The van der Waals surface area contributed by atoms with Crippen LogP contribution in [0.25, 0.3) is 0 Å². The van der Waals surface area contributed by atoms with Gasteiger partial charge in [-0.25, -0.2) is 0 Å². The zero-order valence-corrected chi connectivity index (χ0v) is 3.42. The summed E-state index contributed by atoms with van der Waals surface area (Å²) in [5.41, 5.74) is 0. The third-order valence-corrected chi connectivity index (χ3v) is 0. The van der Waals surface area contributed by atoms with Crippen molar-refractivity contribution in [3.63, 3.8) is 0 Å². The summed E-state index contributed by atoms with van der Waals surface area (Å²) in [7, 11) is -2.29. The first-order chi connectivity index (χ1) is 1.73. The monoisotopic (exact) mass is 97.0 g/mol. The smallest absolute Gasteiger partial charge is 0.408 e. The van der Waals surface area contributed by atoms with E-state index in [4.69, 9.17) is 9.46 Å². The van der Waals surface area contributed by atoms with Crippen molar-refractivity contribution in [2.24, 2.45) is 0 Å². The molecule has 1 N–H and O–H groups in total. The molecule has 1 atom stereocenters. The van der Waals surface area contributed by atoms with E-state index < -0.39 is 7.23 Å². The highest BCUT2D eigenvalue weighted by atomic mass is 32.7. The summed E-state index contributed by atoms with van der Waals surface area (Å²) in [6, 6.07) is 0. The lowest BCUT2D eigenvalue weighted by Gasteiger charge is -1.56. The molecule has 0 aliphatic carbocycles. The van der Waals surface area contributed by atoms with Crippen LogP contribution in [0.5, 0.6) is 0 Å². The van der Waals surface area contributed by atoms with Crippen molar-refractivity contribution in [3.05, 3.63) is 0 Å². The van der Waals surface area contributed by atoms with Gasteiger partial charge in [-0.15, -0.1) is 0 Å². The first kappa shape index (κ1) is 4.41. The van der Waals surface area contributed by atoms with E-state index in [1.807, 2.05) is 0 Å². The molecule has 0 fully saturated rings. The van der Waals surface area contributed by atoms with Crippen LogP contribution in [0, 0.1) is 0 Å². The lowest BCUT2D eigenvalue weighted by atomic mass is 15.9. The Hall–Kier alpha value is 0.410. The molecule has 0 aromatic rings. The first-order valence-electron chi connectivity index (χ1n) is 0.565. The van der Waals surface area contributed by atoms with Gasteiger partial charge in [0.1, 0.15) is 0 Å². The van der Waals surface area contributed by atoms with Crippen LogP contribution in [0.4, 0.5) is 0 Å². The van der Waals surface area contributed by atoms with E-state index in [0.29, 0.717) is 0 Å². The van der Waals surface area contributed by atoms with E-state index in [1.165, 1.54) is 0 Å². The molecule has 0 rings (SSSR count). The minimum atomic E-state index is -2.29. The van der Waals surface area contributed by atoms with Gasteiger partial charge in [-0.3, -0.25) is 0 Å². The van der Waals surface area contributed by atoms with Crippen LogP contribution in [-0.4, -0.2) is 4.89 Å². The van der Waals surface area contributed by atoms with Crippen LogP contribution in [-0.2, 0) is 16.8 Å². The van der Waals surface area contributed by atoms with Crippen molar-refractivity contribution in [3.8, 4) is 0 Å². The first-order valence-corrected chi connectivity index (χ1v) is 2.79. The molecule has 1 unspecified atom stereocenters. The normalized spacial score (nSPS) is 11.0. The maximum Gasteiger partial charge on any atom is 1.00 e. The summed E-state index contributed by atoms with van der Waals surface area (Å²) in [5, 5.41) is 0. The molecule has 0 heterocycles. The molecule has 0 aliphatic rings. The third kappa shape index (κ3) is 28.5. The van der Waals surface area contributed by atoms with Gasteiger partial charge in [-0.05, 0) is 0 Å². The fourth-order valence-electron chi connectivity index (χ4n) is 0. The van der Waals surface area contributed by atoms with E-state index in [0.717, 1.165) is 0 Å². The maximum atomic E-state index is 8.96. The van der Waals surface area contributed by atoms with E-state index in [9.17, 15) is 0 Å². The number of hydrogen-bond acceptors (Lipinski definition) is 2. The standard InChI is InChI=1S/HO2PS/c1-3(2)4/h(H,1,2,4)/p+1. The molecular weight excluding hydrogens is 95.0 g/mol. The van der Waals surface area contributed by atoms with E-state index in [-0.39, 0.29) is 1.43 Å². The molecule has 0 amide bonds. The Balaban J connectivity index is 0. The summed E-state index contributed by atoms with van der Waals surface area (Å²) in [6.45, 7) is 0. The minimum Gasteiger partial charge on any atom is -0.408 e. The van der Waals surface area contributed by atoms with Gasteiger partial charge in [0.2, 0.25) is 0 Å². The molecule has 0 spiro atoms. The summed E-state index contributed by atoms with van der Waals surface area (Å²) in [6.07, 6.45) is 0. The molecule has 0 saturated heterocycles. The highest BCUT2D eigenvalue weighted by molar-refractivity contribution is 8.25. The lowest BCUT2D eigenvalue weighted by Crippen LogP contribution is -1.31. The fourth-order valence-corrected chi connectivity index (χ4v) is 0. The van der Waals surface area contributed by atoms with Crippen molar-refractivity contribution in [2.75, 3.05) is 0 Å². The number of rotatable bonds is 0. The second kappa shape index (κ2) is 1.70. The van der Waals surface area contributed by atoms with Gasteiger partial charge in [0.05, 0.1) is 0 Å². The topological polar surface area (TPSA) is 37.3 Å². The second-order valence-electron chi connectivity index (χ2n) is 0.238. The Morgan fingerprint density at radius 1 is 2.25 bits per heavy atom. The predicted octanol–water partition coefficient (Wildman–Crippen LogP) is 0.295. The zero-order chi connectivity index (χ0) is 3.58. The molecule has 0 aromatic carbocycles. The van der Waals surface area contributed by atoms with Crippen molar-refractivity contribution < 1.29 is 10.9 Å². The van der Waals surface area contributed by atoms with Gasteiger partial charge in [-0.1, -0.05) is 4.57 Å². The Morgan fingerprint density at radius 3 is 2.25 bits per heavy atom. The quantitative estimate of drug-likeness (QED) is 0.349. The SMILES string of the molecule is O=[P+](O)[S-].[H+]. The molecule has 4 heteroatoms. The van der Waals surface area contributed by atoms with E-state index in [1.54, 1.807) is 0 Å². The summed E-state index contributed by atoms with van der Waals surface area (Å²) in [5.74, 6) is 0. The summed E-state index contributed by atoms with van der Waals surface area (Å²) >= 11 is 3.69. The highest BCUT2D eigenvalue weighted by Gasteiger charge is 1.68. The molecule has 2 nitrogen and oxygen atoms in total. The van der Waals surface area contributed by atoms with Crippen molar-refractivity contribution in [1.82, 2.24) is 0 Å². The third-order valence-electron chi connectivity index (χ3n) is 0. The minimum absolute atomic E-state index is 0. The maximum absolute atomic E-state index is 8.96. The lowest BCUT2D eigenvalue weighted by molar-refractivity contribution is 0.520. The van der Waals surface area contributed by atoms with Crippen LogP contribution < -0.4 is 0 Å². The van der Waals surface area contributed by atoms with Crippen LogP contribution in [0.1, 0.15) is 1.43 Å². The van der Waals surface area contributed by atoms with Gasteiger partial charge < -0.3 is 12.2 Å². The van der Waals surface area contributed by atoms with Crippen LogP contribution in [0.2, 0.25) is 0 Å². The van der Waals surface area contributed by atoms with Crippen LogP contribution >= 0.6 is 7.23 Å². The summed E-state index contributed by atoms with van der Waals surface area (Å²) < 4.78 is 8.96. The van der Waals surface area contributed by atoms with Crippen molar-refractivity contribution in [1.29, 1.82) is 0 Å². The van der Waals surface area contributed by atoms with Crippen molar-refractivity contribution >= 4 is 19.5 Å². The molecule has 4 heavy (non-hydrogen) atoms. The molecule has 0 bridgehead atoms. The molecule has 0 radical (unpaired) electrons. The average Bonchev–Trinajstić information content (AvgIpc) is 0.811. The van der Waals surface area contributed by atoms with Gasteiger partial charge in [0.15, 0.2) is 0 Å². The van der Waals surface area contributed by atoms with Gasteiger partial charge >= 0.3 is 8.66 Å². The largest absolute Gasteiger partial charge is 1.00 e. The molecule has 0 aliphatic heterocycles.